The molecule has 0 saturated carbocycles. The lowest BCUT2D eigenvalue weighted by molar-refractivity contribution is 0.391. The first-order chi connectivity index (χ1) is 6.56. The van der Waals surface area contributed by atoms with Crippen molar-refractivity contribution in [2.75, 3.05) is 0 Å². The monoisotopic (exact) mass is 193 g/mol. The zero-order valence-electron chi connectivity index (χ0n) is 9.50. The molecular weight excluding hydrogens is 174 g/mol. The SMILES string of the molecule is C=CC(CC(C)C)c1c(C)noc1C. The lowest BCUT2D eigenvalue weighted by Gasteiger charge is -2.14. The fraction of sp³-hybridized carbons (Fsp3) is 0.583. The minimum absolute atomic E-state index is 0.376. The third-order valence-corrected chi connectivity index (χ3v) is 2.47. The van der Waals surface area contributed by atoms with E-state index < -0.39 is 0 Å². The molecule has 0 amide bonds. The van der Waals surface area contributed by atoms with Crippen LogP contribution in [0, 0.1) is 19.8 Å². The van der Waals surface area contributed by atoms with Crippen LogP contribution in [0.3, 0.4) is 0 Å². The number of allylic oxidation sites excluding steroid dienone is 1. The van der Waals surface area contributed by atoms with Crippen LogP contribution in [-0.2, 0) is 0 Å². The maximum Gasteiger partial charge on any atom is 0.137 e. The highest BCUT2D eigenvalue weighted by molar-refractivity contribution is 5.28. The van der Waals surface area contributed by atoms with E-state index >= 15 is 0 Å². The molecule has 1 unspecified atom stereocenters. The third kappa shape index (κ3) is 2.25. The Kier molecular flexibility index (Phi) is 3.50. The van der Waals surface area contributed by atoms with Gasteiger partial charge in [0.15, 0.2) is 0 Å². The first-order valence-corrected chi connectivity index (χ1v) is 5.11. The van der Waals surface area contributed by atoms with E-state index in [1.54, 1.807) is 0 Å². The van der Waals surface area contributed by atoms with Crippen LogP contribution in [0.4, 0.5) is 0 Å². The Hall–Kier alpha value is -1.05. The molecule has 0 fully saturated rings. The minimum atomic E-state index is 0.376. The zero-order chi connectivity index (χ0) is 10.7. The Morgan fingerprint density at radius 3 is 2.43 bits per heavy atom. The van der Waals surface area contributed by atoms with Crippen molar-refractivity contribution in [3.63, 3.8) is 0 Å². The maximum absolute atomic E-state index is 5.16. The average molecular weight is 193 g/mol. The molecule has 2 nitrogen and oxygen atoms in total. The topological polar surface area (TPSA) is 26.0 Å². The number of hydrogen-bond donors (Lipinski definition) is 0. The molecule has 0 saturated heterocycles. The van der Waals surface area contributed by atoms with Gasteiger partial charge in [-0.2, -0.15) is 0 Å². The van der Waals surface area contributed by atoms with Crippen LogP contribution in [0.15, 0.2) is 17.2 Å². The molecule has 0 aliphatic rings. The van der Waals surface area contributed by atoms with E-state index in [2.05, 4.69) is 25.6 Å². The van der Waals surface area contributed by atoms with Crippen molar-refractivity contribution in [1.29, 1.82) is 0 Å². The minimum Gasteiger partial charge on any atom is -0.361 e. The Morgan fingerprint density at radius 2 is 2.07 bits per heavy atom. The molecule has 14 heavy (non-hydrogen) atoms. The molecule has 2 heteroatoms. The van der Waals surface area contributed by atoms with Crippen LogP contribution < -0.4 is 0 Å². The molecule has 1 rings (SSSR count). The Labute approximate surface area is 86.0 Å². The van der Waals surface area contributed by atoms with Crippen LogP contribution in [-0.4, -0.2) is 5.16 Å². The summed E-state index contributed by atoms with van der Waals surface area (Å²) in [6.45, 7) is 12.3. The molecule has 0 aliphatic carbocycles. The van der Waals surface area contributed by atoms with Gasteiger partial charge in [-0.15, -0.1) is 6.58 Å². The molecule has 0 spiro atoms. The van der Waals surface area contributed by atoms with E-state index in [1.807, 2.05) is 19.9 Å². The predicted octanol–water partition coefficient (Wildman–Crippen LogP) is 3.61. The standard InChI is InChI=1S/C12H19NO/c1-6-11(7-8(2)3)12-9(4)13-14-10(12)5/h6,8,11H,1,7H2,2-5H3. The number of nitrogens with zero attached hydrogens (tertiary/aromatic N) is 1. The van der Waals surface area contributed by atoms with Crippen molar-refractivity contribution in [3.05, 3.63) is 29.7 Å². The molecule has 1 heterocycles. The van der Waals surface area contributed by atoms with Gasteiger partial charge in [-0.25, -0.2) is 0 Å². The molecule has 0 aromatic carbocycles. The molecule has 1 atom stereocenters. The number of rotatable bonds is 4. The van der Waals surface area contributed by atoms with Gasteiger partial charge in [-0.3, -0.25) is 0 Å². The van der Waals surface area contributed by atoms with E-state index in [0.717, 1.165) is 17.9 Å². The van der Waals surface area contributed by atoms with Crippen molar-refractivity contribution < 1.29 is 4.52 Å². The van der Waals surface area contributed by atoms with Crippen molar-refractivity contribution >= 4 is 0 Å². The van der Waals surface area contributed by atoms with Gasteiger partial charge in [-0.05, 0) is 26.2 Å². The summed E-state index contributed by atoms with van der Waals surface area (Å²) in [7, 11) is 0. The van der Waals surface area contributed by atoms with Crippen LogP contribution in [0.1, 0.15) is 43.2 Å². The van der Waals surface area contributed by atoms with Gasteiger partial charge in [0.25, 0.3) is 0 Å². The van der Waals surface area contributed by atoms with Gasteiger partial charge >= 0.3 is 0 Å². The fourth-order valence-electron chi connectivity index (χ4n) is 1.86. The largest absolute Gasteiger partial charge is 0.361 e. The summed E-state index contributed by atoms with van der Waals surface area (Å²) >= 11 is 0. The maximum atomic E-state index is 5.16. The van der Waals surface area contributed by atoms with E-state index in [9.17, 15) is 0 Å². The van der Waals surface area contributed by atoms with Gasteiger partial charge in [-0.1, -0.05) is 25.1 Å². The molecule has 1 aromatic heterocycles. The van der Waals surface area contributed by atoms with Gasteiger partial charge < -0.3 is 4.52 Å². The van der Waals surface area contributed by atoms with Gasteiger partial charge in [0.1, 0.15) is 5.76 Å². The molecule has 1 aromatic rings. The highest BCUT2D eigenvalue weighted by atomic mass is 16.5. The second-order valence-electron chi connectivity index (χ2n) is 4.21. The van der Waals surface area contributed by atoms with Crippen LogP contribution in [0.25, 0.3) is 0 Å². The summed E-state index contributed by atoms with van der Waals surface area (Å²) in [5.41, 5.74) is 2.21. The highest BCUT2D eigenvalue weighted by Gasteiger charge is 2.18. The Morgan fingerprint density at radius 1 is 1.43 bits per heavy atom. The van der Waals surface area contributed by atoms with Crippen molar-refractivity contribution in [1.82, 2.24) is 5.16 Å². The first-order valence-electron chi connectivity index (χ1n) is 5.11. The van der Waals surface area contributed by atoms with Crippen LogP contribution in [0.5, 0.6) is 0 Å². The average Bonchev–Trinajstić information content (AvgIpc) is 2.43. The van der Waals surface area contributed by atoms with Crippen molar-refractivity contribution in [3.8, 4) is 0 Å². The molecule has 0 bridgehead atoms. The lowest BCUT2D eigenvalue weighted by atomic mass is 9.89. The van der Waals surface area contributed by atoms with Crippen molar-refractivity contribution in [2.24, 2.45) is 5.92 Å². The molecule has 0 aliphatic heterocycles. The normalized spacial score (nSPS) is 13.2. The summed E-state index contributed by atoms with van der Waals surface area (Å²) < 4.78 is 5.16. The summed E-state index contributed by atoms with van der Waals surface area (Å²) in [6.07, 6.45) is 3.10. The second kappa shape index (κ2) is 4.45. The Balaban J connectivity index is 2.94. The van der Waals surface area contributed by atoms with Crippen LogP contribution in [0.2, 0.25) is 0 Å². The molecular formula is C12H19NO. The smallest absolute Gasteiger partial charge is 0.137 e. The van der Waals surface area contributed by atoms with E-state index in [0.29, 0.717) is 11.8 Å². The number of hydrogen-bond acceptors (Lipinski definition) is 2. The first kappa shape index (κ1) is 11.0. The lowest BCUT2D eigenvalue weighted by Crippen LogP contribution is -2.02. The number of aryl methyl sites for hydroxylation is 2. The molecule has 0 N–H and O–H groups in total. The number of aromatic nitrogens is 1. The molecule has 78 valence electrons. The summed E-state index contributed by atoms with van der Waals surface area (Å²) in [6, 6.07) is 0. The molecule has 0 radical (unpaired) electrons. The third-order valence-electron chi connectivity index (χ3n) is 2.47. The highest BCUT2D eigenvalue weighted by Crippen LogP contribution is 2.29. The zero-order valence-corrected chi connectivity index (χ0v) is 9.50. The van der Waals surface area contributed by atoms with E-state index in [4.69, 9.17) is 4.52 Å². The van der Waals surface area contributed by atoms with E-state index in [1.165, 1.54) is 5.56 Å². The second-order valence-corrected chi connectivity index (χ2v) is 4.21. The van der Waals surface area contributed by atoms with Gasteiger partial charge in [0, 0.05) is 11.5 Å². The summed E-state index contributed by atoms with van der Waals surface area (Å²) in [5, 5.41) is 3.97. The fourth-order valence-corrected chi connectivity index (χ4v) is 1.86. The van der Waals surface area contributed by atoms with Gasteiger partial charge in [0.05, 0.1) is 5.69 Å². The van der Waals surface area contributed by atoms with E-state index in [-0.39, 0.29) is 0 Å². The quantitative estimate of drug-likeness (QED) is 0.683. The van der Waals surface area contributed by atoms with Gasteiger partial charge in [0.2, 0.25) is 0 Å². The Bertz CT molecular complexity index is 293. The summed E-state index contributed by atoms with van der Waals surface area (Å²) in [5.74, 6) is 1.96. The van der Waals surface area contributed by atoms with Crippen LogP contribution >= 0.6 is 0 Å². The van der Waals surface area contributed by atoms with Crippen molar-refractivity contribution in [2.45, 2.75) is 40.0 Å². The summed E-state index contributed by atoms with van der Waals surface area (Å²) in [4.78, 5) is 0. The predicted molar refractivity (Wildman–Crippen MR) is 58.4 cm³/mol.